The molecular weight excluding hydrogens is 480 g/mol. The zero-order chi connectivity index (χ0) is 25.6. The van der Waals surface area contributed by atoms with Crippen LogP contribution in [0.4, 0.5) is 5.69 Å². The minimum absolute atomic E-state index is 0.248. The standard InChI is InChI=1S/C28H28N8S/c1-16(11-28(2,3)4)32-19-9-18(12-29-13-19)22-10-21-23(14-31-22)35-36-25(21)27-33-24-20(17-6-8-37-15-17)5-7-30-26(24)34-27/h5-10,12-16,32H,11H2,1-4H3,(H,35,36)(H,30,33,34). The van der Waals surface area contributed by atoms with Gasteiger partial charge in [0.2, 0.25) is 0 Å². The van der Waals surface area contributed by atoms with E-state index in [1.165, 1.54) is 0 Å². The number of aromatic amines is 2. The molecule has 9 heteroatoms. The predicted molar refractivity (Wildman–Crippen MR) is 150 cm³/mol. The number of H-pyrrole nitrogens is 2. The van der Waals surface area contributed by atoms with E-state index in [1.54, 1.807) is 23.7 Å². The van der Waals surface area contributed by atoms with Gasteiger partial charge in [-0.2, -0.15) is 16.4 Å². The lowest BCUT2D eigenvalue weighted by molar-refractivity contribution is 0.358. The molecule has 1 atom stereocenters. The van der Waals surface area contributed by atoms with E-state index in [0.717, 1.165) is 56.6 Å². The van der Waals surface area contributed by atoms with Crippen LogP contribution in [-0.4, -0.2) is 41.2 Å². The molecule has 0 saturated carbocycles. The molecule has 0 spiro atoms. The average molecular weight is 509 g/mol. The molecule has 6 heterocycles. The molecule has 0 aliphatic rings. The zero-order valence-corrected chi connectivity index (χ0v) is 22.0. The maximum Gasteiger partial charge on any atom is 0.178 e. The van der Waals surface area contributed by atoms with E-state index in [2.05, 4.69) is 86.0 Å². The van der Waals surface area contributed by atoms with Crippen LogP contribution in [0.15, 0.2) is 59.8 Å². The Kier molecular flexibility index (Phi) is 5.72. The Balaban J connectivity index is 1.36. The lowest BCUT2D eigenvalue weighted by atomic mass is 9.88. The van der Waals surface area contributed by atoms with Gasteiger partial charge in [0.25, 0.3) is 0 Å². The quantitative estimate of drug-likeness (QED) is 0.225. The second kappa shape index (κ2) is 9.08. The van der Waals surface area contributed by atoms with Crippen molar-refractivity contribution in [1.29, 1.82) is 0 Å². The third-order valence-electron chi connectivity index (χ3n) is 6.26. The van der Waals surface area contributed by atoms with Gasteiger partial charge in [0.05, 0.1) is 28.6 Å². The fourth-order valence-corrected chi connectivity index (χ4v) is 5.51. The summed E-state index contributed by atoms with van der Waals surface area (Å²) in [6.07, 6.45) is 8.35. The topological polar surface area (TPSA) is 108 Å². The van der Waals surface area contributed by atoms with E-state index < -0.39 is 0 Å². The smallest absolute Gasteiger partial charge is 0.178 e. The van der Waals surface area contributed by atoms with Gasteiger partial charge in [-0.05, 0) is 59.3 Å². The number of rotatable bonds is 6. The Labute approximate surface area is 218 Å². The number of anilines is 1. The van der Waals surface area contributed by atoms with Gasteiger partial charge in [-0.15, -0.1) is 0 Å². The van der Waals surface area contributed by atoms with Crippen molar-refractivity contribution in [2.75, 3.05) is 5.32 Å². The fraction of sp³-hybridized carbons (Fsp3) is 0.250. The Morgan fingerprint density at radius 3 is 2.76 bits per heavy atom. The minimum atomic E-state index is 0.248. The first-order valence-electron chi connectivity index (χ1n) is 12.3. The SMILES string of the molecule is CC(CC(C)(C)C)Nc1cncc(-c2cc3c(-c4nc5nccc(-c6ccsc6)c5[nH]4)n[nH]c3cn2)c1. The molecule has 0 saturated heterocycles. The number of nitrogens with one attached hydrogen (secondary N) is 3. The minimum Gasteiger partial charge on any atom is -0.381 e. The predicted octanol–water partition coefficient (Wildman–Crippen LogP) is 6.92. The molecule has 6 rings (SSSR count). The molecule has 0 bridgehead atoms. The number of pyridine rings is 3. The first-order valence-corrected chi connectivity index (χ1v) is 13.2. The van der Waals surface area contributed by atoms with Crippen LogP contribution in [-0.2, 0) is 0 Å². The molecule has 8 nitrogen and oxygen atoms in total. The van der Waals surface area contributed by atoms with Crippen molar-refractivity contribution in [3.8, 4) is 33.9 Å². The molecule has 0 amide bonds. The van der Waals surface area contributed by atoms with Crippen molar-refractivity contribution in [2.45, 2.75) is 40.2 Å². The van der Waals surface area contributed by atoms with Crippen molar-refractivity contribution in [3.05, 3.63) is 59.8 Å². The third-order valence-corrected chi connectivity index (χ3v) is 6.94. The van der Waals surface area contributed by atoms with E-state index in [1.807, 2.05) is 24.5 Å². The highest BCUT2D eigenvalue weighted by Crippen LogP contribution is 2.33. The average Bonchev–Trinajstić information content (AvgIpc) is 3.61. The number of aromatic nitrogens is 7. The van der Waals surface area contributed by atoms with Gasteiger partial charge in [0.15, 0.2) is 11.5 Å². The molecule has 3 N–H and O–H groups in total. The Hall–Kier alpha value is -4.11. The van der Waals surface area contributed by atoms with Crippen LogP contribution in [0.1, 0.15) is 34.1 Å². The largest absolute Gasteiger partial charge is 0.381 e. The number of hydrogen-bond donors (Lipinski definition) is 3. The van der Waals surface area contributed by atoms with Gasteiger partial charge in [-0.25, -0.2) is 9.97 Å². The van der Waals surface area contributed by atoms with Gasteiger partial charge in [-0.3, -0.25) is 15.1 Å². The molecule has 0 fully saturated rings. The van der Waals surface area contributed by atoms with Crippen molar-refractivity contribution in [1.82, 2.24) is 35.1 Å². The molecule has 6 aromatic rings. The summed E-state index contributed by atoms with van der Waals surface area (Å²) >= 11 is 1.67. The molecule has 0 aromatic carbocycles. The molecule has 6 aromatic heterocycles. The highest BCUT2D eigenvalue weighted by atomic mass is 32.1. The van der Waals surface area contributed by atoms with Gasteiger partial charge < -0.3 is 10.3 Å². The van der Waals surface area contributed by atoms with E-state index in [-0.39, 0.29) is 5.41 Å². The highest BCUT2D eigenvalue weighted by Gasteiger charge is 2.18. The van der Waals surface area contributed by atoms with Crippen molar-refractivity contribution < 1.29 is 0 Å². The van der Waals surface area contributed by atoms with E-state index in [4.69, 9.17) is 4.98 Å². The third kappa shape index (κ3) is 4.70. The second-order valence-electron chi connectivity index (χ2n) is 10.6. The summed E-state index contributed by atoms with van der Waals surface area (Å²) in [5.41, 5.74) is 8.33. The number of imidazole rings is 1. The first-order chi connectivity index (χ1) is 17.8. The van der Waals surface area contributed by atoms with Crippen molar-refractivity contribution in [2.24, 2.45) is 5.41 Å². The van der Waals surface area contributed by atoms with Crippen molar-refractivity contribution >= 4 is 39.1 Å². The second-order valence-corrected chi connectivity index (χ2v) is 11.4. The highest BCUT2D eigenvalue weighted by molar-refractivity contribution is 7.08. The van der Waals surface area contributed by atoms with Crippen LogP contribution < -0.4 is 5.32 Å². The molecule has 37 heavy (non-hydrogen) atoms. The summed E-state index contributed by atoms with van der Waals surface area (Å²) in [5.74, 6) is 0.665. The summed E-state index contributed by atoms with van der Waals surface area (Å²) in [6.45, 7) is 8.96. The normalized spacial score (nSPS) is 12.9. The molecule has 186 valence electrons. The van der Waals surface area contributed by atoms with Crippen LogP contribution in [0.3, 0.4) is 0 Å². The number of hydrogen-bond acceptors (Lipinski definition) is 7. The fourth-order valence-electron chi connectivity index (χ4n) is 4.85. The van der Waals surface area contributed by atoms with Crippen LogP contribution in [0, 0.1) is 5.41 Å². The molecule has 0 aliphatic heterocycles. The molecular formula is C28H28N8S. The molecule has 0 radical (unpaired) electrons. The maximum atomic E-state index is 4.77. The molecule has 1 unspecified atom stereocenters. The zero-order valence-electron chi connectivity index (χ0n) is 21.2. The van der Waals surface area contributed by atoms with Gasteiger partial charge in [0, 0.05) is 41.1 Å². The lowest BCUT2D eigenvalue weighted by Crippen LogP contribution is -2.22. The van der Waals surface area contributed by atoms with Crippen LogP contribution >= 0.6 is 11.3 Å². The Morgan fingerprint density at radius 1 is 1.05 bits per heavy atom. The number of fused-ring (bicyclic) bond motifs is 2. The summed E-state index contributed by atoms with van der Waals surface area (Å²) in [5, 5.41) is 16.4. The number of nitrogens with zero attached hydrogens (tertiary/aromatic N) is 5. The van der Waals surface area contributed by atoms with E-state index in [9.17, 15) is 0 Å². The van der Waals surface area contributed by atoms with Crippen LogP contribution in [0.5, 0.6) is 0 Å². The molecule has 0 aliphatic carbocycles. The van der Waals surface area contributed by atoms with Crippen LogP contribution in [0.2, 0.25) is 0 Å². The summed E-state index contributed by atoms with van der Waals surface area (Å²) < 4.78 is 0. The Bertz CT molecular complexity index is 1690. The van der Waals surface area contributed by atoms with Gasteiger partial charge in [0.1, 0.15) is 5.69 Å². The maximum absolute atomic E-state index is 4.77. The van der Waals surface area contributed by atoms with Gasteiger partial charge >= 0.3 is 0 Å². The van der Waals surface area contributed by atoms with Crippen molar-refractivity contribution in [3.63, 3.8) is 0 Å². The summed E-state index contributed by atoms with van der Waals surface area (Å²) in [7, 11) is 0. The van der Waals surface area contributed by atoms with E-state index >= 15 is 0 Å². The lowest BCUT2D eigenvalue weighted by Gasteiger charge is -2.24. The summed E-state index contributed by atoms with van der Waals surface area (Å²) in [6, 6.07) is 8.57. The van der Waals surface area contributed by atoms with Crippen LogP contribution in [0.25, 0.3) is 56.0 Å². The van der Waals surface area contributed by atoms with E-state index in [0.29, 0.717) is 17.5 Å². The first kappa shape index (κ1) is 23.3. The van der Waals surface area contributed by atoms with Gasteiger partial charge in [-0.1, -0.05) is 20.8 Å². The monoisotopic (exact) mass is 508 g/mol. The Morgan fingerprint density at radius 2 is 1.95 bits per heavy atom. The summed E-state index contributed by atoms with van der Waals surface area (Å²) in [4.78, 5) is 21.8. The number of thiophene rings is 1.